The first-order chi connectivity index (χ1) is 10.0. The van der Waals surface area contributed by atoms with Crippen LogP contribution in [0.2, 0.25) is 0 Å². The van der Waals surface area contributed by atoms with Crippen LogP contribution in [0.15, 0.2) is 24.3 Å². The van der Waals surface area contributed by atoms with Crippen LogP contribution in [0.25, 0.3) is 0 Å². The topological polar surface area (TPSA) is 49.4 Å². The van der Waals surface area contributed by atoms with E-state index in [2.05, 4.69) is 31.3 Å². The summed E-state index contributed by atoms with van der Waals surface area (Å²) in [5, 5.41) is 3.31. The van der Waals surface area contributed by atoms with Crippen molar-refractivity contribution in [3.63, 3.8) is 0 Å². The van der Waals surface area contributed by atoms with E-state index in [0.717, 1.165) is 12.8 Å². The van der Waals surface area contributed by atoms with Crippen molar-refractivity contribution in [1.29, 1.82) is 0 Å². The van der Waals surface area contributed by atoms with Gasteiger partial charge < -0.3 is 5.32 Å². The molecule has 0 bridgehead atoms. The molecule has 114 valence electrons. The highest BCUT2D eigenvalue weighted by Crippen LogP contribution is 2.16. The molecule has 0 aliphatic carbocycles. The minimum absolute atomic E-state index is 0.0533. The molecule has 1 fully saturated rings. The smallest absolute Gasteiger partial charge is 0.246 e. The predicted octanol–water partition coefficient (Wildman–Crippen LogP) is 2.05. The van der Waals surface area contributed by atoms with Crippen molar-refractivity contribution < 1.29 is 9.59 Å². The number of hydrogen-bond acceptors (Lipinski definition) is 3. The summed E-state index contributed by atoms with van der Waals surface area (Å²) in [5.74, 6) is -0.124. The van der Waals surface area contributed by atoms with Gasteiger partial charge in [-0.3, -0.25) is 14.5 Å². The number of aryl methyl sites for hydroxylation is 1. The summed E-state index contributed by atoms with van der Waals surface area (Å²) in [6, 6.07) is 8.06. The normalized spacial score (nSPS) is 20.1. The van der Waals surface area contributed by atoms with E-state index in [0.29, 0.717) is 6.54 Å². The van der Waals surface area contributed by atoms with Gasteiger partial charge in [-0.1, -0.05) is 31.2 Å². The molecule has 2 atom stereocenters. The standard InChI is InChI=1S/C17H24N2O2/c1-4-9-19-16(20)11-15(17(19)21)18-13(3)10-14-8-6-5-7-12(14)2/h5-8,13,15,18H,4,9-11H2,1-3H3. The number of amides is 2. The molecule has 0 radical (unpaired) electrons. The van der Waals surface area contributed by atoms with Gasteiger partial charge in [-0.2, -0.15) is 0 Å². The van der Waals surface area contributed by atoms with Crippen LogP contribution in [0.5, 0.6) is 0 Å². The lowest BCUT2D eigenvalue weighted by atomic mass is 10.0. The highest BCUT2D eigenvalue weighted by molar-refractivity contribution is 6.05. The Morgan fingerprint density at radius 3 is 2.71 bits per heavy atom. The molecule has 21 heavy (non-hydrogen) atoms. The van der Waals surface area contributed by atoms with Gasteiger partial charge in [0.1, 0.15) is 0 Å². The summed E-state index contributed by atoms with van der Waals surface area (Å²) in [4.78, 5) is 25.4. The average molecular weight is 288 g/mol. The summed E-state index contributed by atoms with van der Waals surface area (Å²) in [5.41, 5.74) is 2.53. The Balaban J connectivity index is 1.94. The Hall–Kier alpha value is -1.68. The Morgan fingerprint density at radius 2 is 2.05 bits per heavy atom. The van der Waals surface area contributed by atoms with E-state index < -0.39 is 0 Å². The zero-order valence-electron chi connectivity index (χ0n) is 13.1. The van der Waals surface area contributed by atoms with Gasteiger partial charge in [0.05, 0.1) is 12.5 Å². The van der Waals surface area contributed by atoms with Crippen LogP contribution in [-0.2, 0) is 16.0 Å². The average Bonchev–Trinajstić information content (AvgIpc) is 2.69. The van der Waals surface area contributed by atoms with Gasteiger partial charge in [0.15, 0.2) is 0 Å². The highest BCUT2D eigenvalue weighted by atomic mass is 16.2. The van der Waals surface area contributed by atoms with Crippen molar-refractivity contribution in [3.05, 3.63) is 35.4 Å². The summed E-state index contributed by atoms with van der Waals surface area (Å²) < 4.78 is 0. The fourth-order valence-electron chi connectivity index (χ4n) is 2.84. The van der Waals surface area contributed by atoms with Crippen LogP contribution in [0.1, 0.15) is 37.8 Å². The second-order valence-corrected chi connectivity index (χ2v) is 5.84. The predicted molar refractivity (Wildman–Crippen MR) is 82.9 cm³/mol. The Labute approximate surface area is 126 Å². The first-order valence-electron chi connectivity index (χ1n) is 7.67. The highest BCUT2D eigenvalue weighted by Gasteiger charge is 2.38. The SMILES string of the molecule is CCCN1C(=O)CC(NC(C)Cc2ccccc2C)C1=O. The molecule has 1 aliphatic heterocycles. The summed E-state index contributed by atoms with van der Waals surface area (Å²) in [7, 11) is 0. The maximum absolute atomic E-state index is 12.2. The van der Waals surface area contributed by atoms with Gasteiger partial charge in [-0.15, -0.1) is 0 Å². The van der Waals surface area contributed by atoms with Gasteiger partial charge in [0, 0.05) is 12.6 Å². The zero-order chi connectivity index (χ0) is 15.4. The van der Waals surface area contributed by atoms with Crippen molar-refractivity contribution in [1.82, 2.24) is 10.2 Å². The fraction of sp³-hybridized carbons (Fsp3) is 0.529. The Bertz CT molecular complexity index is 527. The monoisotopic (exact) mass is 288 g/mol. The third-order valence-corrected chi connectivity index (χ3v) is 3.96. The number of benzene rings is 1. The summed E-state index contributed by atoms with van der Waals surface area (Å²) in [6.45, 7) is 6.66. The van der Waals surface area contributed by atoms with E-state index in [1.54, 1.807) is 0 Å². The third-order valence-electron chi connectivity index (χ3n) is 3.96. The molecule has 1 saturated heterocycles. The number of carbonyl (C=O) groups excluding carboxylic acids is 2. The molecule has 2 unspecified atom stereocenters. The lowest BCUT2D eigenvalue weighted by Gasteiger charge is -2.19. The molecule has 1 aromatic rings. The Kier molecular flexibility index (Phi) is 5.12. The van der Waals surface area contributed by atoms with Gasteiger partial charge in [-0.25, -0.2) is 0 Å². The molecule has 1 aromatic carbocycles. The van der Waals surface area contributed by atoms with Crippen LogP contribution < -0.4 is 5.32 Å². The molecule has 0 saturated carbocycles. The number of imide groups is 1. The minimum Gasteiger partial charge on any atom is -0.303 e. The molecule has 2 amide bonds. The zero-order valence-corrected chi connectivity index (χ0v) is 13.1. The van der Waals surface area contributed by atoms with Crippen LogP contribution >= 0.6 is 0 Å². The van der Waals surface area contributed by atoms with Crippen molar-refractivity contribution in [2.45, 2.75) is 52.1 Å². The van der Waals surface area contributed by atoms with Crippen LogP contribution in [0.3, 0.4) is 0 Å². The molecule has 2 rings (SSSR count). The van der Waals surface area contributed by atoms with E-state index in [-0.39, 0.29) is 30.3 Å². The largest absolute Gasteiger partial charge is 0.303 e. The maximum atomic E-state index is 12.2. The molecular weight excluding hydrogens is 264 g/mol. The molecule has 4 nitrogen and oxygen atoms in total. The number of rotatable bonds is 6. The minimum atomic E-state index is -0.358. The number of likely N-dealkylation sites (tertiary alicyclic amines) is 1. The van der Waals surface area contributed by atoms with Gasteiger partial charge >= 0.3 is 0 Å². The summed E-state index contributed by atoms with van der Waals surface area (Å²) in [6.07, 6.45) is 1.96. The number of nitrogens with one attached hydrogen (secondary N) is 1. The molecule has 1 aliphatic rings. The van der Waals surface area contributed by atoms with E-state index in [4.69, 9.17) is 0 Å². The first-order valence-corrected chi connectivity index (χ1v) is 7.67. The maximum Gasteiger partial charge on any atom is 0.246 e. The van der Waals surface area contributed by atoms with Gasteiger partial charge in [0.2, 0.25) is 11.8 Å². The van der Waals surface area contributed by atoms with Gasteiger partial charge in [0.25, 0.3) is 0 Å². The quantitative estimate of drug-likeness (QED) is 0.815. The lowest BCUT2D eigenvalue weighted by molar-refractivity contribution is -0.138. The lowest BCUT2D eigenvalue weighted by Crippen LogP contribution is -2.43. The third kappa shape index (κ3) is 3.70. The summed E-state index contributed by atoms with van der Waals surface area (Å²) >= 11 is 0. The van der Waals surface area contributed by atoms with E-state index in [1.807, 2.05) is 19.1 Å². The Morgan fingerprint density at radius 1 is 1.33 bits per heavy atom. The van der Waals surface area contributed by atoms with E-state index in [1.165, 1.54) is 16.0 Å². The number of carbonyl (C=O) groups is 2. The van der Waals surface area contributed by atoms with Crippen LogP contribution in [0.4, 0.5) is 0 Å². The second-order valence-electron chi connectivity index (χ2n) is 5.84. The molecule has 0 aromatic heterocycles. The molecule has 0 spiro atoms. The van der Waals surface area contributed by atoms with Crippen molar-refractivity contribution in [2.24, 2.45) is 0 Å². The molecule has 1 heterocycles. The van der Waals surface area contributed by atoms with Crippen molar-refractivity contribution in [3.8, 4) is 0 Å². The van der Waals surface area contributed by atoms with Crippen molar-refractivity contribution >= 4 is 11.8 Å². The van der Waals surface area contributed by atoms with Crippen LogP contribution in [-0.4, -0.2) is 35.3 Å². The fourth-order valence-corrected chi connectivity index (χ4v) is 2.84. The molecule has 1 N–H and O–H groups in total. The van der Waals surface area contributed by atoms with E-state index in [9.17, 15) is 9.59 Å². The second kappa shape index (κ2) is 6.85. The molecule has 4 heteroatoms. The first kappa shape index (κ1) is 15.7. The van der Waals surface area contributed by atoms with E-state index >= 15 is 0 Å². The number of nitrogens with zero attached hydrogens (tertiary/aromatic N) is 1. The number of hydrogen-bond donors (Lipinski definition) is 1. The molecular formula is C17H24N2O2. The van der Waals surface area contributed by atoms with Crippen LogP contribution in [0, 0.1) is 6.92 Å². The van der Waals surface area contributed by atoms with Gasteiger partial charge in [-0.05, 0) is 37.8 Å². The van der Waals surface area contributed by atoms with Crippen molar-refractivity contribution in [2.75, 3.05) is 6.54 Å².